The molecule has 0 saturated heterocycles. The molecule has 0 N–H and O–H groups in total. The highest BCUT2D eigenvalue weighted by Crippen LogP contribution is 2.36. The average Bonchev–Trinajstić information content (AvgIpc) is 2.91. The summed E-state index contributed by atoms with van der Waals surface area (Å²) in [4.78, 5) is 10.9. The van der Waals surface area contributed by atoms with Gasteiger partial charge in [0.1, 0.15) is 11.2 Å². The number of rotatable bonds is 4. The smallest absolute Gasteiger partial charge is 0.331 e. The summed E-state index contributed by atoms with van der Waals surface area (Å²) >= 11 is 6.46. The molecule has 3 aromatic rings. The number of alkyl halides is 1. The van der Waals surface area contributed by atoms with Crippen LogP contribution in [0.5, 0.6) is 0 Å². The Morgan fingerprint density at radius 2 is 1.78 bits per heavy atom. The highest BCUT2D eigenvalue weighted by atomic mass is 35.5. The fourth-order valence-electron chi connectivity index (χ4n) is 2.72. The van der Waals surface area contributed by atoms with E-state index in [9.17, 15) is 4.79 Å². The van der Waals surface area contributed by atoms with Crippen molar-refractivity contribution in [2.24, 2.45) is 0 Å². The third kappa shape index (κ3) is 2.70. The Hall–Kier alpha value is -2.00. The monoisotopic (exact) mass is 330 g/mol. The highest BCUT2D eigenvalue weighted by molar-refractivity contribution is 6.33. The van der Waals surface area contributed by atoms with Gasteiger partial charge >= 0.3 is 5.97 Å². The van der Waals surface area contributed by atoms with Gasteiger partial charge in [0, 0.05) is 10.8 Å². The van der Waals surface area contributed by atoms with Crippen LogP contribution in [0.4, 0.5) is 0 Å². The van der Waals surface area contributed by atoms with Crippen LogP contribution >= 0.6 is 11.6 Å². The number of benzene rings is 2. The Balaban J connectivity index is 2.17. The zero-order valence-corrected chi connectivity index (χ0v) is 14.2. The molecule has 1 unspecified atom stereocenters. The topological polar surface area (TPSA) is 39.4 Å². The Bertz CT molecular complexity index is 877. The molecule has 1 aromatic heterocycles. The minimum atomic E-state index is -1.21. The molecule has 0 saturated carbocycles. The van der Waals surface area contributed by atoms with E-state index in [1.165, 1.54) is 5.56 Å². The van der Waals surface area contributed by atoms with Crippen LogP contribution < -0.4 is 0 Å². The standard InChI is InChI=1S/C19H19ClO3/c1-4-12-6-8-16-14(10-12)15-11-13(7-9-17(15)23-16)19(3,20)18(21)22-5-2/h6-11H,4-5H2,1-3H3. The van der Waals surface area contributed by atoms with Crippen molar-refractivity contribution < 1.29 is 13.9 Å². The van der Waals surface area contributed by atoms with Gasteiger partial charge in [-0.15, -0.1) is 11.6 Å². The molecule has 0 aliphatic rings. The lowest BCUT2D eigenvalue weighted by atomic mass is 9.97. The number of hydrogen-bond acceptors (Lipinski definition) is 3. The fraction of sp³-hybridized carbons (Fsp3) is 0.316. The quantitative estimate of drug-likeness (QED) is 0.489. The summed E-state index contributed by atoms with van der Waals surface area (Å²) in [6.45, 7) is 5.85. The van der Waals surface area contributed by atoms with Crippen LogP contribution in [0, 0.1) is 0 Å². The number of fused-ring (bicyclic) bond motifs is 3. The number of hydrogen-bond donors (Lipinski definition) is 0. The lowest BCUT2D eigenvalue weighted by Crippen LogP contribution is -2.28. The predicted octanol–water partition coefficient (Wildman–Crippen LogP) is 5.17. The summed E-state index contributed by atoms with van der Waals surface area (Å²) in [5.41, 5.74) is 3.56. The van der Waals surface area contributed by atoms with E-state index in [-0.39, 0.29) is 0 Å². The first-order valence-corrected chi connectivity index (χ1v) is 8.17. The molecule has 1 heterocycles. The molecule has 0 aliphatic carbocycles. The molecule has 2 aromatic carbocycles. The number of furan rings is 1. The van der Waals surface area contributed by atoms with Crippen LogP contribution in [0.2, 0.25) is 0 Å². The van der Waals surface area contributed by atoms with Crippen LogP contribution in [-0.4, -0.2) is 12.6 Å². The van der Waals surface area contributed by atoms with Crippen molar-refractivity contribution in [3.8, 4) is 0 Å². The second-order valence-corrected chi connectivity index (χ2v) is 6.48. The van der Waals surface area contributed by atoms with Gasteiger partial charge in [-0.05, 0) is 55.7 Å². The fourth-order valence-corrected chi connectivity index (χ4v) is 2.89. The summed E-state index contributed by atoms with van der Waals surface area (Å²) in [5, 5.41) is 2.00. The zero-order valence-electron chi connectivity index (χ0n) is 13.5. The molecule has 120 valence electrons. The van der Waals surface area contributed by atoms with Crippen molar-refractivity contribution in [3.63, 3.8) is 0 Å². The third-order valence-corrected chi connectivity index (χ3v) is 4.52. The van der Waals surface area contributed by atoms with Crippen LogP contribution in [0.1, 0.15) is 31.9 Å². The molecule has 0 fully saturated rings. The Kier molecular flexibility index (Phi) is 4.07. The summed E-state index contributed by atoms with van der Waals surface area (Å²) in [6.07, 6.45) is 0.957. The number of carbonyl (C=O) groups is 1. The maximum absolute atomic E-state index is 12.1. The van der Waals surface area contributed by atoms with Gasteiger partial charge in [0.25, 0.3) is 0 Å². The number of carbonyl (C=O) groups excluding carboxylic acids is 1. The van der Waals surface area contributed by atoms with E-state index in [0.717, 1.165) is 28.4 Å². The number of ether oxygens (including phenoxy) is 1. The van der Waals surface area contributed by atoms with Crippen LogP contribution in [0.15, 0.2) is 40.8 Å². The molecule has 0 aliphatic heterocycles. The normalized spacial score (nSPS) is 14.1. The van der Waals surface area contributed by atoms with Gasteiger partial charge in [0.05, 0.1) is 6.61 Å². The van der Waals surface area contributed by atoms with Crippen molar-refractivity contribution in [1.82, 2.24) is 0 Å². The van der Waals surface area contributed by atoms with Crippen LogP contribution in [-0.2, 0) is 20.8 Å². The van der Waals surface area contributed by atoms with Gasteiger partial charge < -0.3 is 9.15 Å². The van der Waals surface area contributed by atoms with Gasteiger partial charge in [-0.25, -0.2) is 4.79 Å². The number of aryl methyl sites for hydroxylation is 1. The minimum absolute atomic E-state index is 0.303. The largest absolute Gasteiger partial charge is 0.464 e. The van der Waals surface area contributed by atoms with Gasteiger partial charge in [0.15, 0.2) is 4.87 Å². The van der Waals surface area contributed by atoms with Gasteiger partial charge in [-0.2, -0.15) is 0 Å². The van der Waals surface area contributed by atoms with E-state index in [4.69, 9.17) is 20.8 Å². The second kappa shape index (κ2) is 5.89. The number of halogens is 1. The lowest BCUT2D eigenvalue weighted by molar-refractivity contribution is -0.146. The van der Waals surface area contributed by atoms with Crippen molar-refractivity contribution in [1.29, 1.82) is 0 Å². The van der Waals surface area contributed by atoms with Crippen molar-refractivity contribution in [2.45, 2.75) is 32.1 Å². The molecule has 0 amide bonds. The first-order chi connectivity index (χ1) is 11.0. The summed E-state index contributed by atoms with van der Waals surface area (Å²) in [7, 11) is 0. The van der Waals surface area contributed by atoms with Crippen molar-refractivity contribution >= 4 is 39.5 Å². The van der Waals surface area contributed by atoms with E-state index < -0.39 is 10.8 Å². The minimum Gasteiger partial charge on any atom is -0.464 e. The lowest BCUT2D eigenvalue weighted by Gasteiger charge is -2.20. The maximum atomic E-state index is 12.1. The van der Waals surface area contributed by atoms with Gasteiger partial charge in [0.2, 0.25) is 0 Å². The molecular formula is C19H19ClO3. The molecule has 0 spiro atoms. The molecule has 3 rings (SSSR count). The second-order valence-electron chi connectivity index (χ2n) is 5.72. The highest BCUT2D eigenvalue weighted by Gasteiger charge is 2.34. The molecule has 23 heavy (non-hydrogen) atoms. The van der Waals surface area contributed by atoms with E-state index in [0.29, 0.717) is 12.2 Å². The summed E-state index contributed by atoms with van der Waals surface area (Å²) in [5.74, 6) is -0.442. The summed E-state index contributed by atoms with van der Waals surface area (Å²) < 4.78 is 11.0. The van der Waals surface area contributed by atoms with E-state index >= 15 is 0 Å². The SMILES string of the molecule is CCOC(=O)C(C)(Cl)c1ccc2oc3ccc(CC)cc3c2c1. The van der Waals surface area contributed by atoms with E-state index in [2.05, 4.69) is 19.1 Å². The average molecular weight is 331 g/mol. The Morgan fingerprint density at radius 3 is 2.43 bits per heavy atom. The van der Waals surface area contributed by atoms with Gasteiger partial charge in [-0.3, -0.25) is 0 Å². The number of esters is 1. The first kappa shape index (κ1) is 15.9. The zero-order chi connectivity index (χ0) is 16.6. The molecule has 4 heteroatoms. The van der Waals surface area contributed by atoms with Crippen molar-refractivity contribution in [3.05, 3.63) is 47.5 Å². The molecule has 1 atom stereocenters. The molecule has 0 bridgehead atoms. The summed E-state index contributed by atoms with van der Waals surface area (Å²) in [6, 6.07) is 11.8. The van der Waals surface area contributed by atoms with Crippen LogP contribution in [0.3, 0.4) is 0 Å². The molecular weight excluding hydrogens is 312 g/mol. The molecule has 3 nitrogen and oxygen atoms in total. The van der Waals surface area contributed by atoms with Gasteiger partial charge in [-0.1, -0.05) is 19.1 Å². The van der Waals surface area contributed by atoms with E-state index in [1.54, 1.807) is 13.8 Å². The van der Waals surface area contributed by atoms with E-state index in [1.807, 2.05) is 24.3 Å². The predicted molar refractivity (Wildman–Crippen MR) is 92.9 cm³/mol. The Labute approximate surface area is 140 Å². The Morgan fingerprint density at radius 1 is 1.13 bits per heavy atom. The third-order valence-electron chi connectivity index (χ3n) is 4.14. The van der Waals surface area contributed by atoms with Crippen LogP contribution in [0.25, 0.3) is 21.9 Å². The molecule has 0 radical (unpaired) electrons. The maximum Gasteiger partial charge on any atom is 0.331 e. The first-order valence-electron chi connectivity index (χ1n) is 7.79. The van der Waals surface area contributed by atoms with Crippen molar-refractivity contribution in [2.75, 3.05) is 6.61 Å².